The summed E-state index contributed by atoms with van der Waals surface area (Å²) in [6, 6.07) is 6.09. The molecule has 1 heterocycles. The Morgan fingerprint density at radius 1 is 1.28 bits per heavy atom. The van der Waals surface area contributed by atoms with Gasteiger partial charge in [-0.3, -0.25) is 9.89 Å². The number of hydrogen-bond acceptors (Lipinski definition) is 1. The van der Waals surface area contributed by atoms with Crippen LogP contribution in [-0.2, 0) is 0 Å². The minimum atomic E-state index is -0.0348. The van der Waals surface area contributed by atoms with Gasteiger partial charge in [0.25, 0.3) is 5.56 Å². The summed E-state index contributed by atoms with van der Waals surface area (Å²) in [4.78, 5) is 12.2. The van der Waals surface area contributed by atoms with Gasteiger partial charge in [0, 0.05) is 0 Å². The summed E-state index contributed by atoms with van der Waals surface area (Å²) in [5.41, 5.74) is 4.02. The van der Waals surface area contributed by atoms with E-state index in [1.165, 1.54) is 0 Å². The van der Waals surface area contributed by atoms with Crippen molar-refractivity contribution in [2.45, 2.75) is 33.6 Å². The molecule has 3 nitrogen and oxygen atoms in total. The van der Waals surface area contributed by atoms with Crippen LogP contribution in [0.25, 0.3) is 5.69 Å². The second-order valence-electron chi connectivity index (χ2n) is 4.92. The summed E-state index contributed by atoms with van der Waals surface area (Å²) >= 11 is 3.38. The lowest BCUT2D eigenvalue weighted by Gasteiger charge is -2.08. The molecular formula is C14H17BrN2O. The fraction of sp³-hybridized carbons (Fsp3) is 0.357. The molecule has 4 heteroatoms. The van der Waals surface area contributed by atoms with Gasteiger partial charge in [-0.05, 0) is 52.9 Å². The van der Waals surface area contributed by atoms with Crippen LogP contribution in [0.4, 0.5) is 0 Å². The molecule has 0 bridgehead atoms. The minimum absolute atomic E-state index is 0.0348. The molecule has 0 saturated carbocycles. The third kappa shape index (κ3) is 2.17. The highest BCUT2D eigenvalue weighted by Gasteiger charge is 2.16. The Balaban J connectivity index is 2.69. The molecule has 0 atom stereocenters. The van der Waals surface area contributed by atoms with Crippen molar-refractivity contribution in [3.63, 3.8) is 0 Å². The third-order valence-electron chi connectivity index (χ3n) is 3.04. The Labute approximate surface area is 115 Å². The van der Waals surface area contributed by atoms with E-state index in [2.05, 4.69) is 34.9 Å². The highest BCUT2D eigenvalue weighted by molar-refractivity contribution is 9.10. The summed E-state index contributed by atoms with van der Waals surface area (Å²) in [5, 5.41) is 3.19. The summed E-state index contributed by atoms with van der Waals surface area (Å²) < 4.78 is 2.24. The first-order valence-corrected chi connectivity index (χ1v) is 6.79. The number of H-pyrrole nitrogens is 1. The largest absolute Gasteiger partial charge is 0.294 e. The van der Waals surface area contributed by atoms with Crippen LogP contribution in [0.2, 0.25) is 0 Å². The van der Waals surface area contributed by atoms with Crippen molar-refractivity contribution >= 4 is 15.9 Å². The lowest BCUT2D eigenvalue weighted by atomic mass is 10.1. The molecule has 2 rings (SSSR count). The Kier molecular flexibility index (Phi) is 3.48. The number of nitrogens with zero attached hydrogens (tertiary/aromatic N) is 1. The molecule has 2 aromatic rings. The maximum absolute atomic E-state index is 12.2. The molecule has 0 aliphatic rings. The average Bonchev–Trinajstić information content (AvgIpc) is 2.60. The number of rotatable bonds is 2. The van der Waals surface area contributed by atoms with Crippen LogP contribution < -0.4 is 5.56 Å². The summed E-state index contributed by atoms with van der Waals surface area (Å²) in [5.74, 6) is 0.276. The number of halogens is 1. The van der Waals surface area contributed by atoms with E-state index in [9.17, 15) is 4.79 Å². The van der Waals surface area contributed by atoms with E-state index < -0.39 is 0 Å². The van der Waals surface area contributed by atoms with Gasteiger partial charge in [-0.2, -0.15) is 0 Å². The zero-order chi connectivity index (χ0) is 13.4. The first-order chi connectivity index (χ1) is 8.41. The van der Waals surface area contributed by atoms with Crippen molar-refractivity contribution in [1.82, 2.24) is 9.78 Å². The average molecular weight is 309 g/mol. The number of nitrogens with one attached hydrogen (secondary N) is 1. The van der Waals surface area contributed by atoms with Gasteiger partial charge in [0.05, 0.1) is 11.4 Å². The van der Waals surface area contributed by atoms with Gasteiger partial charge in [-0.1, -0.05) is 26.0 Å². The van der Waals surface area contributed by atoms with Gasteiger partial charge in [-0.15, -0.1) is 0 Å². The third-order valence-corrected chi connectivity index (χ3v) is 3.81. The van der Waals surface area contributed by atoms with E-state index in [0.717, 1.165) is 22.5 Å². The Hall–Kier alpha value is -1.29. The molecule has 0 amide bonds. The standard InChI is InChI=1S/C14H17BrN2O/c1-8(2)13-12(15)14(18)17(16-13)11-7-9(3)5-6-10(11)4/h5-8,16H,1-4H3. The maximum atomic E-state index is 12.2. The molecule has 1 aromatic heterocycles. The van der Waals surface area contributed by atoms with Crippen molar-refractivity contribution in [1.29, 1.82) is 0 Å². The number of aromatic nitrogens is 2. The van der Waals surface area contributed by atoms with Crippen molar-refractivity contribution in [3.8, 4) is 5.69 Å². The topological polar surface area (TPSA) is 37.8 Å². The quantitative estimate of drug-likeness (QED) is 0.903. The van der Waals surface area contributed by atoms with Gasteiger partial charge in [0.2, 0.25) is 0 Å². The maximum Gasteiger partial charge on any atom is 0.285 e. The normalized spacial score (nSPS) is 11.2. The molecule has 96 valence electrons. The van der Waals surface area contributed by atoms with E-state index in [0.29, 0.717) is 4.47 Å². The molecule has 0 unspecified atom stereocenters. The summed E-state index contributed by atoms with van der Waals surface area (Å²) in [6.07, 6.45) is 0. The van der Waals surface area contributed by atoms with Crippen LogP contribution in [0.3, 0.4) is 0 Å². The Bertz CT molecular complexity index is 638. The molecule has 0 radical (unpaired) electrons. The number of benzene rings is 1. The SMILES string of the molecule is Cc1ccc(C)c(-n2[nH]c(C(C)C)c(Br)c2=O)c1. The molecule has 0 aliphatic heterocycles. The zero-order valence-corrected chi connectivity index (χ0v) is 12.6. The van der Waals surface area contributed by atoms with Crippen LogP contribution in [0.15, 0.2) is 27.5 Å². The van der Waals surface area contributed by atoms with E-state index in [-0.39, 0.29) is 11.5 Å². The summed E-state index contributed by atoms with van der Waals surface area (Å²) in [6.45, 7) is 8.15. The molecule has 0 spiro atoms. The van der Waals surface area contributed by atoms with Crippen LogP contribution in [0.1, 0.15) is 36.6 Å². The summed E-state index contributed by atoms with van der Waals surface area (Å²) in [7, 11) is 0. The van der Waals surface area contributed by atoms with Crippen molar-refractivity contribution < 1.29 is 0 Å². The molecule has 0 fully saturated rings. The van der Waals surface area contributed by atoms with Crippen LogP contribution in [0.5, 0.6) is 0 Å². The first kappa shape index (κ1) is 13.1. The first-order valence-electron chi connectivity index (χ1n) is 6.00. The monoisotopic (exact) mass is 308 g/mol. The molecular weight excluding hydrogens is 292 g/mol. The lowest BCUT2D eigenvalue weighted by molar-refractivity contribution is 0.757. The van der Waals surface area contributed by atoms with Crippen LogP contribution >= 0.6 is 15.9 Å². The van der Waals surface area contributed by atoms with Crippen molar-refractivity contribution in [2.24, 2.45) is 0 Å². The van der Waals surface area contributed by atoms with Gasteiger partial charge in [0.15, 0.2) is 0 Å². The molecule has 1 aromatic carbocycles. The fourth-order valence-electron chi connectivity index (χ4n) is 1.95. The van der Waals surface area contributed by atoms with Crippen molar-refractivity contribution in [2.75, 3.05) is 0 Å². The minimum Gasteiger partial charge on any atom is -0.294 e. The van der Waals surface area contributed by atoms with Crippen LogP contribution in [-0.4, -0.2) is 9.78 Å². The number of hydrogen-bond donors (Lipinski definition) is 1. The van der Waals surface area contributed by atoms with Gasteiger partial charge in [0.1, 0.15) is 4.47 Å². The van der Waals surface area contributed by atoms with E-state index in [1.54, 1.807) is 4.68 Å². The molecule has 1 N–H and O–H groups in total. The predicted molar refractivity (Wildman–Crippen MR) is 77.7 cm³/mol. The molecule has 18 heavy (non-hydrogen) atoms. The van der Waals surface area contributed by atoms with Gasteiger partial charge in [-0.25, -0.2) is 4.68 Å². The highest BCUT2D eigenvalue weighted by Crippen LogP contribution is 2.22. The molecule has 0 saturated heterocycles. The van der Waals surface area contributed by atoms with Gasteiger partial charge >= 0.3 is 0 Å². The lowest BCUT2D eigenvalue weighted by Crippen LogP contribution is -2.15. The zero-order valence-electron chi connectivity index (χ0n) is 11.0. The Morgan fingerprint density at radius 2 is 1.94 bits per heavy atom. The molecule has 0 aliphatic carbocycles. The smallest absolute Gasteiger partial charge is 0.285 e. The predicted octanol–water partition coefficient (Wildman–Crippen LogP) is 3.67. The highest BCUT2D eigenvalue weighted by atomic mass is 79.9. The van der Waals surface area contributed by atoms with Crippen molar-refractivity contribution in [3.05, 3.63) is 49.8 Å². The number of aryl methyl sites for hydroxylation is 2. The second-order valence-corrected chi connectivity index (χ2v) is 5.72. The van der Waals surface area contributed by atoms with E-state index >= 15 is 0 Å². The second kappa shape index (κ2) is 4.76. The Morgan fingerprint density at radius 3 is 2.50 bits per heavy atom. The fourth-order valence-corrected chi connectivity index (χ4v) is 2.67. The number of aromatic amines is 1. The van der Waals surface area contributed by atoms with Crippen LogP contribution in [0, 0.1) is 13.8 Å². The van der Waals surface area contributed by atoms with E-state index in [4.69, 9.17) is 0 Å². The van der Waals surface area contributed by atoms with Gasteiger partial charge < -0.3 is 0 Å². The van der Waals surface area contributed by atoms with E-state index in [1.807, 2.05) is 32.0 Å².